The molecule has 0 aliphatic rings. The van der Waals surface area contributed by atoms with Crippen LogP contribution in [-0.2, 0) is 4.74 Å². The van der Waals surface area contributed by atoms with E-state index in [2.05, 4.69) is 12.2 Å². The molecule has 0 saturated carbocycles. The maximum Gasteiger partial charge on any atom is 0.150 e. The summed E-state index contributed by atoms with van der Waals surface area (Å²) < 4.78 is 17.5. The summed E-state index contributed by atoms with van der Waals surface area (Å²) in [5.74, 6) is -0.273. The summed E-state index contributed by atoms with van der Waals surface area (Å²) in [5.41, 5.74) is 1.02. The molecule has 0 amide bonds. The SMILES string of the molecule is CCC(CCOC)NC.Cc1cc(C=O)ccc1F. The molecule has 0 aromatic heterocycles. The normalized spacial score (nSPS) is 11.4. The molecule has 0 saturated heterocycles. The van der Waals surface area contributed by atoms with Crippen LogP contribution >= 0.6 is 0 Å². The van der Waals surface area contributed by atoms with Gasteiger partial charge >= 0.3 is 0 Å². The molecule has 19 heavy (non-hydrogen) atoms. The molecule has 0 fully saturated rings. The topological polar surface area (TPSA) is 38.3 Å². The van der Waals surface area contributed by atoms with E-state index in [9.17, 15) is 9.18 Å². The average molecular weight is 269 g/mol. The van der Waals surface area contributed by atoms with Gasteiger partial charge in [-0.3, -0.25) is 4.79 Å². The molecule has 0 spiro atoms. The highest BCUT2D eigenvalue weighted by molar-refractivity contribution is 5.74. The number of aldehydes is 1. The van der Waals surface area contributed by atoms with Crippen LogP contribution in [0.25, 0.3) is 0 Å². The number of carbonyl (C=O) groups is 1. The second-order valence-electron chi connectivity index (χ2n) is 4.30. The minimum atomic E-state index is -0.273. The predicted octanol–water partition coefficient (Wildman–Crippen LogP) is 2.97. The average Bonchev–Trinajstić information content (AvgIpc) is 2.44. The zero-order valence-electron chi connectivity index (χ0n) is 12.2. The quantitative estimate of drug-likeness (QED) is 0.807. The second-order valence-corrected chi connectivity index (χ2v) is 4.30. The van der Waals surface area contributed by atoms with E-state index < -0.39 is 0 Å². The highest BCUT2D eigenvalue weighted by Crippen LogP contribution is 2.06. The number of aryl methyl sites for hydroxylation is 1. The molecule has 108 valence electrons. The van der Waals surface area contributed by atoms with Crippen molar-refractivity contribution in [2.24, 2.45) is 0 Å². The van der Waals surface area contributed by atoms with Gasteiger partial charge in [0.1, 0.15) is 12.1 Å². The molecule has 1 rings (SSSR count). The summed E-state index contributed by atoms with van der Waals surface area (Å²) in [5, 5.41) is 3.21. The van der Waals surface area contributed by atoms with E-state index >= 15 is 0 Å². The lowest BCUT2D eigenvalue weighted by molar-refractivity contribution is 0.112. The molecule has 0 radical (unpaired) electrons. The van der Waals surface area contributed by atoms with E-state index in [1.807, 2.05) is 7.05 Å². The smallest absolute Gasteiger partial charge is 0.150 e. The van der Waals surface area contributed by atoms with Gasteiger partial charge in [-0.05, 0) is 50.6 Å². The van der Waals surface area contributed by atoms with E-state index in [4.69, 9.17) is 4.74 Å². The summed E-state index contributed by atoms with van der Waals surface area (Å²) in [4.78, 5) is 10.1. The van der Waals surface area contributed by atoms with Crippen molar-refractivity contribution in [3.63, 3.8) is 0 Å². The van der Waals surface area contributed by atoms with Gasteiger partial charge in [-0.25, -0.2) is 4.39 Å². The molecule has 4 heteroatoms. The van der Waals surface area contributed by atoms with Crippen LogP contribution in [0.2, 0.25) is 0 Å². The molecule has 3 nitrogen and oxygen atoms in total. The number of nitrogens with one attached hydrogen (secondary N) is 1. The van der Waals surface area contributed by atoms with Gasteiger partial charge in [-0.1, -0.05) is 6.92 Å². The second kappa shape index (κ2) is 10.6. The maximum absolute atomic E-state index is 12.5. The van der Waals surface area contributed by atoms with Gasteiger partial charge in [-0.15, -0.1) is 0 Å². The van der Waals surface area contributed by atoms with Crippen LogP contribution in [0.3, 0.4) is 0 Å². The number of halogens is 1. The molecule has 1 N–H and O–H groups in total. The highest BCUT2D eigenvalue weighted by atomic mass is 19.1. The Bertz CT molecular complexity index is 365. The molecule has 1 aromatic rings. The zero-order valence-corrected chi connectivity index (χ0v) is 12.2. The molecule has 0 aliphatic carbocycles. The van der Waals surface area contributed by atoms with Crippen LogP contribution in [0.4, 0.5) is 4.39 Å². The standard InChI is InChI=1S/C8H7FO.C7H17NO/c1-6-4-7(5-10)2-3-8(6)9;1-4-7(8-2)5-6-9-3/h2-5H,1H3;7-8H,4-6H2,1-3H3. The first kappa shape index (κ1) is 17.7. The maximum atomic E-state index is 12.5. The number of rotatable bonds is 6. The predicted molar refractivity (Wildman–Crippen MR) is 76.2 cm³/mol. The Morgan fingerprint density at radius 3 is 2.58 bits per heavy atom. The van der Waals surface area contributed by atoms with E-state index in [-0.39, 0.29) is 5.82 Å². The van der Waals surface area contributed by atoms with Crippen molar-refractivity contribution < 1.29 is 13.9 Å². The van der Waals surface area contributed by atoms with Gasteiger partial charge < -0.3 is 10.1 Å². The first-order chi connectivity index (χ1) is 9.08. The molecule has 0 heterocycles. The number of methoxy groups -OCH3 is 1. The van der Waals surface area contributed by atoms with Gasteiger partial charge in [0.25, 0.3) is 0 Å². The Kier molecular flexibility index (Phi) is 9.94. The molecule has 1 aromatic carbocycles. The van der Waals surface area contributed by atoms with Crippen molar-refractivity contribution >= 4 is 6.29 Å². The number of benzene rings is 1. The summed E-state index contributed by atoms with van der Waals surface area (Å²) in [6, 6.07) is 4.89. The largest absolute Gasteiger partial charge is 0.385 e. The first-order valence-corrected chi connectivity index (χ1v) is 6.46. The van der Waals surface area contributed by atoms with Crippen LogP contribution < -0.4 is 5.32 Å². The van der Waals surface area contributed by atoms with E-state index in [1.165, 1.54) is 24.6 Å². The van der Waals surface area contributed by atoms with Gasteiger partial charge in [0.15, 0.2) is 0 Å². The van der Waals surface area contributed by atoms with Crippen LogP contribution in [0, 0.1) is 12.7 Å². The summed E-state index contributed by atoms with van der Waals surface area (Å²) in [6.45, 7) is 4.67. The third kappa shape index (κ3) is 7.70. The lowest BCUT2D eigenvalue weighted by atomic mass is 10.1. The Hall–Kier alpha value is -1.26. The molecule has 0 bridgehead atoms. The fourth-order valence-corrected chi connectivity index (χ4v) is 1.55. The van der Waals surface area contributed by atoms with Crippen molar-refractivity contribution in [3.8, 4) is 0 Å². The third-order valence-corrected chi connectivity index (χ3v) is 2.89. The summed E-state index contributed by atoms with van der Waals surface area (Å²) in [7, 11) is 3.73. The molecule has 0 aliphatic heterocycles. The van der Waals surface area contributed by atoms with Crippen molar-refractivity contribution in [2.45, 2.75) is 32.7 Å². The van der Waals surface area contributed by atoms with Crippen LogP contribution in [0.1, 0.15) is 35.7 Å². The fraction of sp³-hybridized carbons (Fsp3) is 0.533. The van der Waals surface area contributed by atoms with Crippen LogP contribution in [0.5, 0.6) is 0 Å². The Balaban J connectivity index is 0.000000344. The lowest BCUT2D eigenvalue weighted by Crippen LogP contribution is -2.25. The number of hydrogen-bond donors (Lipinski definition) is 1. The van der Waals surface area contributed by atoms with E-state index in [0.29, 0.717) is 23.5 Å². The van der Waals surface area contributed by atoms with Crippen LogP contribution in [0.15, 0.2) is 18.2 Å². The molecule has 1 unspecified atom stereocenters. The molecule has 1 atom stereocenters. The third-order valence-electron chi connectivity index (χ3n) is 2.89. The fourth-order valence-electron chi connectivity index (χ4n) is 1.55. The number of hydrogen-bond acceptors (Lipinski definition) is 3. The van der Waals surface area contributed by atoms with E-state index in [1.54, 1.807) is 14.0 Å². The lowest BCUT2D eigenvalue weighted by Gasteiger charge is -2.11. The zero-order chi connectivity index (χ0) is 14.7. The monoisotopic (exact) mass is 269 g/mol. The minimum Gasteiger partial charge on any atom is -0.385 e. The number of ether oxygens (including phenoxy) is 1. The summed E-state index contributed by atoms with van der Waals surface area (Å²) >= 11 is 0. The molecular weight excluding hydrogens is 245 g/mol. The number of carbonyl (C=O) groups excluding carboxylic acids is 1. The van der Waals surface area contributed by atoms with E-state index in [0.717, 1.165) is 13.0 Å². The van der Waals surface area contributed by atoms with Crippen molar-refractivity contribution in [1.82, 2.24) is 5.32 Å². The van der Waals surface area contributed by atoms with Crippen molar-refractivity contribution in [3.05, 3.63) is 35.1 Å². The molecular formula is C15H24FNO2. The summed E-state index contributed by atoms with van der Waals surface area (Å²) in [6.07, 6.45) is 3.00. The van der Waals surface area contributed by atoms with Crippen LogP contribution in [-0.4, -0.2) is 33.1 Å². The van der Waals surface area contributed by atoms with Crippen molar-refractivity contribution in [2.75, 3.05) is 20.8 Å². The van der Waals surface area contributed by atoms with Crippen molar-refractivity contribution in [1.29, 1.82) is 0 Å². The van der Waals surface area contributed by atoms with Gasteiger partial charge in [0.2, 0.25) is 0 Å². The van der Waals surface area contributed by atoms with Gasteiger partial charge in [0, 0.05) is 25.3 Å². The van der Waals surface area contributed by atoms with Gasteiger partial charge in [-0.2, -0.15) is 0 Å². The Labute approximate surface area is 115 Å². The highest BCUT2D eigenvalue weighted by Gasteiger charge is 1.99. The Morgan fingerprint density at radius 2 is 2.16 bits per heavy atom. The first-order valence-electron chi connectivity index (χ1n) is 6.46. The Morgan fingerprint density at radius 1 is 1.47 bits per heavy atom. The minimum absolute atomic E-state index is 0.273. The van der Waals surface area contributed by atoms with Gasteiger partial charge in [0.05, 0.1) is 0 Å².